The maximum Gasteiger partial charge on any atom is 0.195 e. The monoisotopic (exact) mass is 233 g/mol. The molecule has 0 saturated heterocycles. The SMILES string of the molecule is CCCC[N+]1(Cc2ccc(F)cc2)C=CN=C1. The molecule has 0 radical (unpaired) electrons. The third-order valence-electron chi connectivity index (χ3n) is 3.06. The highest BCUT2D eigenvalue weighted by Gasteiger charge is 2.25. The first-order valence-electron chi connectivity index (χ1n) is 6.07. The first-order valence-corrected chi connectivity index (χ1v) is 6.07. The highest BCUT2D eigenvalue weighted by atomic mass is 19.1. The average Bonchev–Trinajstić information content (AvgIpc) is 2.79. The van der Waals surface area contributed by atoms with Crippen molar-refractivity contribution in [3.8, 4) is 0 Å². The molecule has 0 spiro atoms. The fourth-order valence-corrected chi connectivity index (χ4v) is 2.07. The molecule has 2 rings (SSSR count). The smallest absolute Gasteiger partial charge is 0.195 e. The Morgan fingerprint density at radius 1 is 1.24 bits per heavy atom. The van der Waals surface area contributed by atoms with E-state index in [1.165, 1.54) is 18.6 Å². The maximum absolute atomic E-state index is 12.9. The average molecular weight is 233 g/mol. The number of unbranched alkanes of at least 4 members (excludes halogenated alkanes) is 1. The van der Waals surface area contributed by atoms with E-state index in [2.05, 4.69) is 18.1 Å². The first kappa shape index (κ1) is 12.0. The van der Waals surface area contributed by atoms with Crippen molar-refractivity contribution in [1.29, 1.82) is 0 Å². The van der Waals surface area contributed by atoms with Gasteiger partial charge in [0.2, 0.25) is 0 Å². The van der Waals surface area contributed by atoms with Gasteiger partial charge < -0.3 is 0 Å². The molecule has 90 valence electrons. The third kappa shape index (κ3) is 3.01. The molecule has 0 saturated carbocycles. The van der Waals surface area contributed by atoms with E-state index in [1.54, 1.807) is 0 Å². The highest BCUT2D eigenvalue weighted by molar-refractivity contribution is 5.51. The predicted molar refractivity (Wildman–Crippen MR) is 67.8 cm³/mol. The molecule has 1 aliphatic rings. The van der Waals surface area contributed by atoms with Crippen LogP contribution in [0.15, 0.2) is 41.7 Å². The summed E-state index contributed by atoms with van der Waals surface area (Å²) in [5.74, 6) is -0.181. The summed E-state index contributed by atoms with van der Waals surface area (Å²) >= 11 is 0. The number of benzene rings is 1. The summed E-state index contributed by atoms with van der Waals surface area (Å²) < 4.78 is 13.6. The van der Waals surface area contributed by atoms with E-state index in [4.69, 9.17) is 0 Å². The number of nitrogens with zero attached hydrogens (tertiary/aromatic N) is 2. The Balaban J connectivity index is 2.10. The number of quaternary nitrogens is 1. The van der Waals surface area contributed by atoms with Gasteiger partial charge in [-0.25, -0.2) is 13.9 Å². The number of rotatable bonds is 5. The molecule has 0 aliphatic carbocycles. The van der Waals surface area contributed by atoms with Crippen molar-refractivity contribution in [3.63, 3.8) is 0 Å². The summed E-state index contributed by atoms with van der Waals surface area (Å²) in [5.41, 5.74) is 1.14. The van der Waals surface area contributed by atoms with E-state index in [9.17, 15) is 4.39 Å². The molecule has 0 amide bonds. The molecule has 1 aliphatic heterocycles. The van der Waals surface area contributed by atoms with E-state index in [1.807, 2.05) is 24.7 Å². The molecular formula is C14H18FN2+. The molecule has 17 heavy (non-hydrogen) atoms. The number of hydrogen-bond acceptors (Lipinski definition) is 1. The van der Waals surface area contributed by atoms with E-state index in [0.29, 0.717) is 0 Å². The van der Waals surface area contributed by atoms with Crippen LogP contribution in [-0.2, 0) is 6.54 Å². The largest absolute Gasteiger partial charge is 0.250 e. The van der Waals surface area contributed by atoms with Gasteiger partial charge in [0.05, 0.1) is 12.7 Å². The Bertz CT molecular complexity index is 408. The number of halogens is 1. The summed E-state index contributed by atoms with van der Waals surface area (Å²) in [6, 6.07) is 6.73. The van der Waals surface area contributed by atoms with Crippen LogP contribution in [0.1, 0.15) is 25.3 Å². The lowest BCUT2D eigenvalue weighted by Gasteiger charge is -2.27. The van der Waals surface area contributed by atoms with E-state index < -0.39 is 0 Å². The Kier molecular flexibility index (Phi) is 3.69. The minimum absolute atomic E-state index is 0.181. The Morgan fingerprint density at radius 3 is 2.59 bits per heavy atom. The molecule has 2 nitrogen and oxygen atoms in total. The second-order valence-electron chi connectivity index (χ2n) is 4.53. The van der Waals surface area contributed by atoms with Gasteiger partial charge in [0.25, 0.3) is 0 Å². The Labute approximate surface area is 102 Å². The van der Waals surface area contributed by atoms with Crippen LogP contribution < -0.4 is 0 Å². The van der Waals surface area contributed by atoms with Crippen LogP contribution in [0.2, 0.25) is 0 Å². The molecule has 0 N–H and O–H groups in total. The zero-order valence-corrected chi connectivity index (χ0v) is 10.1. The lowest BCUT2D eigenvalue weighted by atomic mass is 10.2. The molecule has 0 fully saturated rings. The summed E-state index contributed by atoms with van der Waals surface area (Å²) in [5, 5.41) is 0. The molecule has 1 heterocycles. The van der Waals surface area contributed by atoms with Crippen LogP contribution >= 0.6 is 0 Å². The lowest BCUT2D eigenvalue weighted by Crippen LogP contribution is -2.39. The summed E-state index contributed by atoms with van der Waals surface area (Å²) in [6.45, 7) is 4.08. The highest BCUT2D eigenvalue weighted by Crippen LogP contribution is 2.19. The van der Waals surface area contributed by atoms with Crippen molar-refractivity contribution in [2.45, 2.75) is 26.3 Å². The summed E-state index contributed by atoms with van der Waals surface area (Å²) in [4.78, 5) is 4.20. The second-order valence-corrected chi connectivity index (χ2v) is 4.53. The van der Waals surface area contributed by atoms with Gasteiger partial charge in [0.15, 0.2) is 6.34 Å². The van der Waals surface area contributed by atoms with Gasteiger partial charge in [-0.05, 0) is 18.6 Å². The van der Waals surface area contributed by atoms with Gasteiger partial charge in [-0.1, -0.05) is 25.5 Å². The van der Waals surface area contributed by atoms with Crippen LogP contribution in [0, 0.1) is 5.82 Å². The van der Waals surface area contributed by atoms with Crippen molar-refractivity contribution in [1.82, 2.24) is 0 Å². The van der Waals surface area contributed by atoms with Gasteiger partial charge in [-0.15, -0.1) is 0 Å². The van der Waals surface area contributed by atoms with E-state index in [-0.39, 0.29) is 5.82 Å². The minimum atomic E-state index is -0.181. The summed E-state index contributed by atoms with van der Waals surface area (Å²) in [7, 11) is 0. The van der Waals surface area contributed by atoms with Gasteiger partial charge in [0, 0.05) is 5.56 Å². The maximum atomic E-state index is 12.9. The third-order valence-corrected chi connectivity index (χ3v) is 3.06. The fraction of sp³-hybridized carbons (Fsp3) is 0.357. The molecule has 0 bridgehead atoms. The van der Waals surface area contributed by atoms with Gasteiger partial charge in [-0.3, -0.25) is 0 Å². The Morgan fingerprint density at radius 2 is 2.00 bits per heavy atom. The van der Waals surface area contributed by atoms with Crippen LogP contribution in [0.5, 0.6) is 0 Å². The molecular weight excluding hydrogens is 215 g/mol. The fourth-order valence-electron chi connectivity index (χ4n) is 2.07. The normalized spacial score (nSPS) is 22.2. The van der Waals surface area contributed by atoms with E-state index >= 15 is 0 Å². The van der Waals surface area contributed by atoms with E-state index in [0.717, 1.165) is 29.6 Å². The van der Waals surface area contributed by atoms with Crippen LogP contribution in [0.3, 0.4) is 0 Å². The summed E-state index contributed by atoms with van der Waals surface area (Å²) in [6.07, 6.45) is 8.26. The van der Waals surface area contributed by atoms with Crippen molar-refractivity contribution in [3.05, 3.63) is 48.0 Å². The molecule has 3 heteroatoms. The molecule has 1 atom stereocenters. The first-order chi connectivity index (χ1) is 8.24. The Hall–Kier alpha value is -1.48. The topological polar surface area (TPSA) is 12.4 Å². The molecule has 0 aromatic heterocycles. The number of hydrogen-bond donors (Lipinski definition) is 0. The molecule has 1 aromatic rings. The standard InChI is InChI=1S/C14H18FN2/c1-2-3-9-17(10-8-16-12-17)11-13-4-6-14(15)7-5-13/h4-8,10,12H,2-3,9,11H2,1H3/q+1. The van der Waals surface area contributed by atoms with Crippen LogP contribution in [-0.4, -0.2) is 17.4 Å². The molecule has 1 unspecified atom stereocenters. The van der Waals surface area contributed by atoms with Crippen molar-refractivity contribution >= 4 is 6.34 Å². The number of aliphatic imine (C=N–C) groups is 1. The zero-order valence-electron chi connectivity index (χ0n) is 10.1. The molecule has 1 aromatic carbocycles. The lowest BCUT2D eigenvalue weighted by molar-refractivity contribution is -0.794. The van der Waals surface area contributed by atoms with Crippen LogP contribution in [0.25, 0.3) is 0 Å². The second kappa shape index (κ2) is 5.23. The quantitative estimate of drug-likeness (QED) is 0.691. The van der Waals surface area contributed by atoms with Crippen molar-refractivity contribution in [2.24, 2.45) is 4.99 Å². The predicted octanol–water partition coefficient (Wildman–Crippen LogP) is 3.46. The van der Waals surface area contributed by atoms with Gasteiger partial charge in [0.1, 0.15) is 18.6 Å². The van der Waals surface area contributed by atoms with Crippen LogP contribution in [0.4, 0.5) is 4.39 Å². The van der Waals surface area contributed by atoms with Crippen molar-refractivity contribution in [2.75, 3.05) is 6.54 Å². The van der Waals surface area contributed by atoms with Gasteiger partial charge >= 0.3 is 0 Å². The van der Waals surface area contributed by atoms with Crippen molar-refractivity contribution < 1.29 is 8.87 Å². The zero-order chi connectivity index (χ0) is 12.1. The van der Waals surface area contributed by atoms with Gasteiger partial charge in [-0.2, -0.15) is 0 Å². The minimum Gasteiger partial charge on any atom is -0.250 e.